The summed E-state index contributed by atoms with van der Waals surface area (Å²) >= 11 is 5.48. The first-order chi connectivity index (χ1) is 8.90. The van der Waals surface area contributed by atoms with Crippen molar-refractivity contribution in [1.82, 2.24) is 0 Å². The lowest BCUT2D eigenvalue weighted by Gasteiger charge is -2.09. The predicted molar refractivity (Wildman–Crippen MR) is 86.2 cm³/mol. The van der Waals surface area contributed by atoms with Crippen molar-refractivity contribution in [2.24, 2.45) is 0 Å². The van der Waals surface area contributed by atoms with Gasteiger partial charge in [-0.1, -0.05) is 22.0 Å². The molecule has 0 fully saturated rings. The Bertz CT molecular complexity index is 644. The summed E-state index contributed by atoms with van der Waals surface area (Å²) in [6, 6.07) is 8.65. The number of hydrogen-bond acceptors (Lipinski definition) is 1. The molecule has 2 rings (SSSR count). The largest absolute Gasteiger partial charge is 0.288 e. The molecule has 0 N–H and O–H groups in total. The van der Waals surface area contributed by atoms with Gasteiger partial charge >= 0.3 is 0 Å². The van der Waals surface area contributed by atoms with Crippen LogP contribution in [0.1, 0.15) is 27.0 Å². The van der Waals surface area contributed by atoms with E-state index in [4.69, 9.17) is 0 Å². The molecule has 0 saturated heterocycles. The van der Waals surface area contributed by atoms with Crippen LogP contribution in [0.5, 0.6) is 0 Å². The molecule has 1 nitrogen and oxygen atoms in total. The molecule has 0 aliphatic carbocycles. The predicted octanol–water partition coefficient (Wildman–Crippen LogP) is 5.04. The number of carbonyl (C=O) groups is 1. The molecule has 4 heteroatoms. The Labute approximate surface area is 133 Å². The maximum Gasteiger partial charge on any atom is 0.197 e. The number of hydrogen-bond donors (Lipinski definition) is 0. The molecule has 0 aromatic heterocycles. The molecule has 0 aliphatic rings. The maximum absolute atomic E-state index is 14.0. The van der Waals surface area contributed by atoms with E-state index in [2.05, 4.69) is 38.5 Å². The van der Waals surface area contributed by atoms with Crippen LogP contribution in [0.3, 0.4) is 0 Å². The number of rotatable bonds is 2. The van der Waals surface area contributed by atoms with Crippen molar-refractivity contribution in [3.05, 3.63) is 66.4 Å². The first-order valence-electron chi connectivity index (χ1n) is 5.66. The van der Waals surface area contributed by atoms with Gasteiger partial charge in [0.2, 0.25) is 0 Å². The van der Waals surface area contributed by atoms with E-state index in [0.717, 1.165) is 9.13 Å². The molecule has 0 spiro atoms. The average molecular weight is 433 g/mol. The molecule has 2 aromatic carbocycles. The van der Waals surface area contributed by atoms with Gasteiger partial charge in [-0.05, 0) is 71.8 Å². The van der Waals surface area contributed by atoms with Crippen molar-refractivity contribution in [1.29, 1.82) is 0 Å². The first-order valence-corrected chi connectivity index (χ1v) is 7.54. The Kier molecular flexibility index (Phi) is 4.40. The third kappa shape index (κ3) is 3.05. The Morgan fingerprint density at radius 3 is 2.53 bits per heavy atom. The van der Waals surface area contributed by atoms with Crippen LogP contribution in [-0.4, -0.2) is 5.78 Å². The van der Waals surface area contributed by atoms with Crippen LogP contribution in [0, 0.1) is 23.2 Å². The van der Waals surface area contributed by atoms with Crippen LogP contribution in [0.4, 0.5) is 4.39 Å². The highest BCUT2D eigenvalue weighted by atomic mass is 127. The number of carbonyl (C=O) groups excluding carboxylic acids is 1. The van der Waals surface area contributed by atoms with E-state index in [-0.39, 0.29) is 11.3 Å². The number of ketones is 1. The standard InChI is InChI=1S/C15H11BrFIO/c1-8-5-9(2)14(13(17)6-8)15(19)11-7-10(18)3-4-12(11)16/h3-7H,1-2H3. The molecule has 0 radical (unpaired) electrons. The fourth-order valence-electron chi connectivity index (χ4n) is 2.01. The van der Waals surface area contributed by atoms with Crippen LogP contribution < -0.4 is 0 Å². The van der Waals surface area contributed by atoms with Crippen LogP contribution in [0.15, 0.2) is 34.8 Å². The summed E-state index contributed by atoms with van der Waals surface area (Å²) in [6.07, 6.45) is 0. The van der Waals surface area contributed by atoms with Gasteiger partial charge in [0.05, 0.1) is 5.56 Å². The Morgan fingerprint density at radius 2 is 1.89 bits per heavy atom. The Hall–Kier alpha value is -0.750. The molecule has 0 aliphatic heterocycles. The lowest BCUT2D eigenvalue weighted by Crippen LogP contribution is -2.08. The maximum atomic E-state index is 14.0. The summed E-state index contributed by atoms with van der Waals surface area (Å²) in [5.74, 6) is -0.756. The molecule has 2 aromatic rings. The molecule has 0 bridgehead atoms. The van der Waals surface area contributed by atoms with Crippen molar-refractivity contribution in [3.63, 3.8) is 0 Å². The molecule has 98 valence electrons. The fraction of sp³-hybridized carbons (Fsp3) is 0.133. The highest BCUT2D eigenvalue weighted by Gasteiger charge is 2.19. The molecule has 0 unspecified atom stereocenters. The van der Waals surface area contributed by atoms with Gasteiger partial charge in [-0.15, -0.1) is 0 Å². The van der Waals surface area contributed by atoms with E-state index in [1.54, 1.807) is 19.1 Å². The zero-order valence-electron chi connectivity index (χ0n) is 10.4. The Balaban J connectivity index is 2.59. The molecule has 19 heavy (non-hydrogen) atoms. The van der Waals surface area contributed by atoms with Gasteiger partial charge in [0.25, 0.3) is 0 Å². The smallest absolute Gasteiger partial charge is 0.197 e. The van der Waals surface area contributed by atoms with Crippen molar-refractivity contribution < 1.29 is 9.18 Å². The van der Waals surface area contributed by atoms with Crippen LogP contribution >= 0.6 is 38.5 Å². The number of aryl methyl sites for hydroxylation is 2. The minimum absolute atomic E-state index is 0.147. The van der Waals surface area contributed by atoms with Crippen molar-refractivity contribution >= 4 is 44.3 Å². The van der Waals surface area contributed by atoms with Gasteiger partial charge < -0.3 is 0 Å². The van der Waals surface area contributed by atoms with E-state index in [0.29, 0.717) is 15.6 Å². The molecular formula is C15H11BrFIO. The van der Waals surface area contributed by atoms with Gasteiger partial charge in [-0.2, -0.15) is 0 Å². The molecule has 0 saturated carbocycles. The van der Waals surface area contributed by atoms with Gasteiger partial charge in [-0.25, -0.2) is 4.39 Å². The van der Waals surface area contributed by atoms with Gasteiger partial charge in [0.15, 0.2) is 5.78 Å². The number of benzene rings is 2. The van der Waals surface area contributed by atoms with E-state index in [1.807, 2.05) is 19.1 Å². The SMILES string of the molecule is Cc1cc(C)c(C(=O)c2cc(I)ccc2Br)c(F)c1. The van der Waals surface area contributed by atoms with Crippen LogP contribution in [-0.2, 0) is 0 Å². The summed E-state index contributed by atoms with van der Waals surface area (Å²) in [6.45, 7) is 3.57. The van der Waals surface area contributed by atoms with E-state index in [9.17, 15) is 9.18 Å². The van der Waals surface area contributed by atoms with Crippen molar-refractivity contribution in [2.45, 2.75) is 13.8 Å². The second kappa shape index (κ2) is 5.71. The van der Waals surface area contributed by atoms with E-state index in [1.165, 1.54) is 6.07 Å². The van der Waals surface area contributed by atoms with Gasteiger partial charge in [0, 0.05) is 13.6 Å². The highest BCUT2D eigenvalue weighted by molar-refractivity contribution is 14.1. The average Bonchev–Trinajstić information content (AvgIpc) is 2.30. The van der Waals surface area contributed by atoms with Crippen LogP contribution in [0.25, 0.3) is 0 Å². The normalized spacial score (nSPS) is 10.6. The molecule has 0 heterocycles. The third-order valence-corrected chi connectivity index (χ3v) is 4.19. The van der Waals surface area contributed by atoms with Crippen LogP contribution in [0.2, 0.25) is 0 Å². The minimum atomic E-state index is -0.465. The second-order valence-corrected chi connectivity index (χ2v) is 6.49. The molecule has 0 atom stereocenters. The van der Waals surface area contributed by atoms with Gasteiger partial charge in [-0.3, -0.25) is 4.79 Å². The monoisotopic (exact) mass is 432 g/mol. The second-order valence-electron chi connectivity index (χ2n) is 4.39. The van der Waals surface area contributed by atoms with Gasteiger partial charge in [0.1, 0.15) is 5.82 Å². The zero-order chi connectivity index (χ0) is 14.2. The lowest BCUT2D eigenvalue weighted by molar-refractivity contribution is 0.103. The van der Waals surface area contributed by atoms with E-state index < -0.39 is 5.82 Å². The summed E-state index contributed by atoms with van der Waals surface area (Å²) in [5.41, 5.74) is 2.10. The molecule has 0 amide bonds. The first kappa shape index (κ1) is 14.7. The zero-order valence-corrected chi connectivity index (χ0v) is 14.2. The summed E-state index contributed by atoms with van der Waals surface area (Å²) in [7, 11) is 0. The van der Waals surface area contributed by atoms with E-state index >= 15 is 0 Å². The summed E-state index contributed by atoms with van der Waals surface area (Å²) < 4.78 is 15.7. The Morgan fingerprint density at radius 1 is 1.21 bits per heavy atom. The van der Waals surface area contributed by atoms with Crippen molar-refractivity contribution in [3.8, 4) is 0 Å². The third-order valence-electron chi connectivity index (χ3n) is 2.83. The summed E-state index contributed by atoms with van der Waals surface area (Å²) in [5, 5.41) is 0. The number of halogens is 3. The highest BCUT2D eigenvalue weighted by Crippen LogP contribution is 2.25. The topological polar surface area (TPSA) is 17.1 Å². The van der Waals surface area contributed by atoms with Crippen molar-refractivity contribution in [2.75, 3.05) is 0 Å². The fourth-order valence-corrected chi connectivity index (χ4v) is 2.93. The lowest BCUT2D eigenvalue weighted by atomic mass is 9.97. The molecular weight excluding hydrogens is 422 g/mol. The summed E-state index contributed by atoms with van der Waals surface area (Å²) in [4.78, 5) is 12.5. The minimum Gasteiger partial charge on any atom is -0.288 e. The quantitative estimate of drug-likeness (QED) is 0.480.